The molecule has 1 heterocycles. The lowest BCUT2D eigenvalue weighted by Gasteiger charge is -2.08. The van der Waals surface area contributed by atoms with E-state index in [1.165, 1.54) is 4.90 Å². The molecule has 0 fully saturated rings. The second-order valence-electron chi connectivity index (χ2n) is 4.10. The zero-order valence-corrected chi connectivity index (χ0v) is 12.6. The molecule has 1 rings (SSSR count). The van der Waals surface area contributed by atoms with E-state index in [2.05, 4.69) is 21.2 Å². The Morgan fingerprint density at radius 1 is 1.42 bits per heavy atom. The Balaban J connectivity index is 2.47. The van der Waals surface area contributed by atoms with Gasteiger partial charge in [0, 0.05) is 33.2 Å². The number of aromatic nitrogens is 2. The van der Waals surface area contributed by atoms with Crippen LogP contribution in [0, 0.1) is 11.8 Å². The smallest absolute Gasteiger partial charge is 0.229 e. The molecule has 0 spiro atoms. The highest BCUT2D eigenvalue weighted by molar-refractivity contribution is 7.92. The van der Waals surface area contributed by atoms with Crippen LogP contribution in [0.1, 0.15) is 25.1 Å². The van der Waals surface area contributed by atoms with Gasteiger partial charge in [0.15, 0.2) is 0 Å². The predicted molar refractivity (Wildman–Crippen MR) is 72.4 cm³/mol. The normalized spacial score (nSPS) is 10.7. The van der Waals surface area contributed by atoms with E-state index in [1.807, 2.05) is 0 Å². The standard InChI is InChI=1S/C11H15N3O3S2/c1-14(2)10(15)8-6-4-5-7-9-12-11(18-13-9)19(3,16)17/h4,6,8H2,1-3H3. The maximum absolute atomic E-state index is 11.3. The molecule has 0 aromatic carbocycles. The first kappa shape index (κ1) is 15.6. The van der Waals surface area contributed by atoms with Crippen LogP contribution in [-0.4, -0.2) is 48.9 Å². The van der Waals surface area contributed by atoms with E-state index < -0.39 is 9.84 Å². The molecule has 0 atom stereocenters. The third-order valence-electron chi connectivity index (χ3n) is 2.12. The Morgan fingerprint density at radius 2 is 2.11 bits per heavy atom. The average Bonchev–Trinajstić information content (AvgIpc) is 2.76. The Labute approximate surface area is 116 Å². The van der Waals surface area contributed by atoms with Gasteiger partial charge < -0.3 is 4.90 Å². The lowest BCUT2D eigenvalue weighted by atomic mass is 10.2. The lowest BCUT2D eigenvalue weighted by Crippen LogP contribution is -2.20. The Hall–Kier alpha value is -1.46. The predicted octanol–water partition coefficient (Wildman–Crippen LogP) is 0.552. The van der Waals surface area contributed by atoms with Gasteiger partial charge in [0.1, 0.15) is 0 Å². The summed E-state index contributed by atoms with van der Waals surface area (Å²) < 4.78 is 26.2. The van der Waals surface area contributed by atoms with E-state index in [9.17, 15) is 13.2 Å². The maximum atomic E-state index is 11.3. The fourth-order valence-corrected chi connectivity index (χ4v) is 2.39. The van der Waals surface area contributed by atoms with Crippen molar-refractivity contribution in [3.05, 3.63) is 5.82 Å². The number of carbonyl (C=O) groups excluding carboxylic acids is 1. The van der Waals surface area contributed by atoms with Crippen molar-refractivity contribution in [2.75, 3.05) is 20.4 Å². The number of hydrogen-bond donors (Lipinski definition) is 0. The highest BCUT2D eigenvalue weighted by Crippen LogP contribution is 2.10. The van der Waals surface area contributed by atoms with Crippen molar-refractivity contribution in [3.63, 3.8) is 0 Å². The average molecular weight is 301 g/mol. The fourth-order valence-electron chi connectivity index (χ4n) is 1.10. The minimum absolute atomic E-state index is 0.0282. The Kier molecular flexibility index (Phi) is 5.44. The first-order valence-electron chi connectivity index (χ1n) is 5.53. The molecular weight excluding hydrogens is 286 g/mol. The van der Waals surface area contributed by atoms with Crippen molar-refractivity contribution >= 4 is 27.3 Å². The molecule has 1 aromatic rings. The molecule has 6 nitrogen and oxygen atoms in total. The van der Waals surface area contributed by atoms with Crippen molar-refractivity contribution in [3.8, 4) is 11.8 Å². The van der Waals surface area contributed by atoms with Crippen LogP contribution in [0.4, 0.5) is 0 Å². The fraction of sp³-hybridized carbons (Fsp3) is 0.545. The van der Waals surface area contributed by atoms with Crippen LogP contribution >= 0.6 is 11.5 Å². The topological polar surface area (TPSA) is 80.2 Å². The molecule has 0 aliphatic rings. The largest absolute Gasteiger partial charge is 0.349 e. The molecule has 8 heteroatoms. The summed E-state index contributed by atoms with van der Waals surface area (Å²) >= 11 is 0.817. The molecule has 104 valence electrons. The van der Waals surface area contributed by atoms with Gasteiger partial charge in [0.25, 0.3) is 0 Å². The van der Waals surface area contributed by atoms with E-state index >= 15 is 0 Å². The van der Waals surface area contributed by atoms with Crippen molar-refractivity contribution in [1.82, 2.24) is 14.3 Å². The van der Waals surface area contributed by atoms with Crippen molar-refractivity contribution in [2.45, 2.75) is 23.6 Å². The number of carbonyl (C=O) groups is 1. The number of unbranched alkanes of at least 4 members (excludes halogenated alkanes) is 1. The Bertz CT molecular complexity index is 609. The minimum atomic E-state index is -3.31. The van der Waals surface area contributed by atoms with E-state index in [1.54, 1.807) is 14.1 Å². The number of amides is 1. The number of rotatable bonds is 4. The zero-order valence-electron chi connectivity index (χ0n) is 11.0. The molecule has 19 heavy (non-hydrogen) atoms. The van der Waals surface area contributed by atoms with E-state index in [0.717, 1.165) is 17.8 Å². The molecule has 1 amide bonds. The number of nitrogens with zero attached hydrogens (tertiary/aromatic N) is 3. The molecule has 0 saturated heterocycles. The highest BCUT2D eigenvalue weighted by atomic mass is 32.2. The molecule has 0 saturated carbocycles. The number of hydrogen-bond acceptors (Lipinski definition) is 6. The summed E-state index contributed by atoms with van der Waals surface area (Å²) in [5.41, 5.74) is 0. The van der Waals surface area contributed by atoms with Crippen molar-refractivity contribution in [1.29, 1.82) is 0 Å². The van der Waals surface area contributed by atoms with Crippen molar-refractivity contribution < 1.29 is 13.2 Å². The van der Waals surface area contributed by atoms with Gasteiger partial charge in [-0.3, -0.25) is 4.79 Å². The molecule has 0 radical (unpaired) electrons. The summed E-state index contributed by atoms with van der Waals surface area (Å²) in [6.45, 7) is 0. The monoisotopic (exact) mass is 301 g/mol. The molecule has 0 bridgehead atoms. The summed E-state index contributed by atoms with van der Waals surface area (Å²) in [6, 6.07) is 0. The molecule has 0 aliphatic heterocycles. The van der Waals surface area contributed by atoms with Gasteiger partial charge in [0.2, 0.25) is 25.9 Å². The van der Waals surface area contributed by atoms with Crippen LogP contribution in [0.15, 0.2) is 4.34 Å². The first-order chi connectivity index (χ1) is 8.80. The second kappa shape index (κ2) is 6.63. The van der Waals surface area contributed by atoms with Gasteiger partial charge in [-0.2, -0.15) is 9.36 Å². The van der Waals surface area contributed by atoms with Gasteiger partial charge in [-0.15, -0.1) is 0 Å². The molecule has 1 aromatic heterocycles. The summed E-state index contributed by atoms with van der Waals surface area (Å²) in [5.74, 6) is 5.79. The summed E-state index contributed by atoms with van der Waals surface area (Å²) in [7, 11) is 0.105. The number of sulfone groups is 1. The van der Waals surface area contributed by atoms with Gasteiger partial charge in [0.05, 0.1) is 0 Å². The van der Waals surface area contributed by atoms with Gasteiger partial charge in [-0.05, 0) is 23.9 Å². The van der Waals surface area contributed by atoms with Crippen LogP contribution < -0.4 is 0 Å². The SMILES string of the molecule is CN(C)C(=O)CCCC#Cc1nsc(S(C)(=O)=O)n1. The minimum Gasteiger partial charge on any atom is -0.349 e. The molecule has 0 unspecified atom stereocenters. The lowest BCUT2D eigenvalue weighted by molar-refractivity contribution is -0.128. The van der Waals surface area contributed by atoms with Crippen LogP contribution in [0.5, 0.6) is 0 Å². The van der Waals surface area contributed by atoms with Crippen molar-refractivity contribution in [2.24, 2.45) is 0 Å². The van der Waals surface area contributed by atoms with E-state index in [0.29, 0.717) is 19.3 Å². The maximum Gasteiger partial charge on any atom is 0.229 e. The van der Waals surface area contributed by atoms with Gasteiger partial charge in [-0.1, -0.05) is 5.92 Å². The first-order valence-corrected chi connectivity index (χ1v) is 8.20. The van der Waals surface area contributed by atoms with E-state index in [4.69, 9.17) is 0 Å². The van der Waals surface area contributed by atoms with E-state index in [-0.39, 0.29) is 16.1 Å². The van der Waals surface area contributed by atoms with Crippen LogP contribution in [0.2, 0.25) is 0 Å². The third kappa shape index (κ3) is 5.36. The third-order valence-corrected chi connectivity index (χ3v) is 4.49. The van der Waals surface area contributed by atoms with Gasteiger partial charge >= 0.3 is 0 Å². The van der Waals surface area contributed by atoms with Crippen LogP contribution in [0.3, 0.4) is 0 Å². The summed E-state index contributed by atoms with van der Waals surface area (Å²) in [6.07, 6.45) is 2.73. The second-order valence-corrected chi connectivity index (χ2v) is 7.04. The molecule has 0 aliphatic carbocycles. The zero-order chi connectivity index (χ0) is 14.5. The van der Waals surface area contributed by atoms with Crippen LogP contribution in [0.25, 0.3) is 0 Å². The van der Waals surface area contributed by atoms with Crippen LogP contribution in [-0.2, 0) is 14.6 Å². The molecular formula is C11H15N3O3S2. The highest BCUT2D eigenvalue weighted by Gasteiger charge is 2.12. The summed E-state index contributed by atoms with van der Waals surface area (Å²) in [4.78, 5) is 16.6. The summed E-state index contributed by atoms with van der Waals surface area (Å²) in [5, 5.41) is 0. The Morgan fingerprint density at radius 3 is 2.63 bits per heavy atom. The molecule has 0 N–H and O–H groups in total. The quantitative estimate of drug-likeness (QED) is 0.599. The van der Waals surface area contributed by atoms with Gasteiger partial charge in [-0.25, -0.2) is 8.42 Å².